The van der Waals surface area contributed by atoms with Gasteiger partial charge < -0.3 is 16.2 Å². The first-order valence-corrected chi connectivity index (χ1v) is 5.43. The number of anilines is 1. The highest BCUT2D eigenvalue weighted by molar-refractivity contribution is 5.92. The van der Waals surface area contributed by atoms with Crippen molar-refractivity contribution in [2.45, 2.75) is 6.54 Å². The molecule has 0 atom stereocenters. The average molecular weight is 243 g/mol. The molecule has 0 aliphatic rings. The number of hydrogen-bond acceptors (Lipinski definition) is 4. The van der Waals surface area contributed by atoms with E-state index in [0.717, 1.165) is 0 Å². The Morgan fingerprint density at radius 1 is 1.28 bits per heavy atom. The molecule has 18 heavy (non-hydrogen) atoms. The summed E-state index contributed by atoms with van der Waals surface area (Å²) in [4.78, 5) is 15.7. The molecule has 92 valence electrons. The topological polar surface area (TPSA) is 88.2 Å². The molecule has 0 fully saturated rings. The van der Waals surface area contributed by atoms with E-state index in [1.165, 1.54) is 6.20 Å². The van der Waals surface area contributed by atoms with Crippen molar-refractivity contribution in [2.75, 3.05) is 5.73 Å². The van der Waals surface area contributed by atoms with Crippen LogP contribution in [0.2, 0.25) is 0 Å². The molecule has 0 bridgehead atoms. The number of nitrogens with one attached hydrogen (secondary N) is 1. The Morgan fingerprint density at radius 2 is 2.06 bits per heavy atom. The Kier molecular flexibility index (Phi) is 3.43. The number of nitrogens with two attached hydrogens (primary N) is 1. The van der Waals surface area contributed by atoms with E-state index in [2.05, 4.69) is 10.3 Å². The number of phenolic OH excluding ortho intramolecular Hbond substituents is 1. The number of amides is 1. The van der Waals surface area contributed by atoms with Crippen molar-refractivity contribution in [3.8, 4) is 5.75 Å². The van der Waals surface area contributed by atoms with Crippen LogP contribution < -0.4 is 11.1 Å². The van der Waals surface area contributed by atoms with Crippen molar-refractivity contribution >= 4 is 11.6 Å². The number of carbonyl (C=O) groups excluding carboxylic acids is 1. The van der Waals surface area contributed by atoms with Crippen LogP contribution in [0.25, 0.3) is 0 Å². The van der Waals surface area contributed by atoms with Gasteiger partial charge in [-0.1, -0.05) is 18.2 Å². The maximum atomic E-state index is 11.7. The lowest BCUT2D eigenvalue weighted by atomic mass is 10.2. The second-order valence-electron chi connectivity index (χ2n) is 3.79. The van der Waals surface area contributed by atoms with E-state index >= 15 is 0 Å². The lowest BCUT2D eigenvalue weighted by Crippen LogP contribution is -2.23. The van der Waals surface area contributed by atoms with Crippen LogP contribution in [0, 0.1) is 0 Å². The van der Waals surface area contributed by atoms with Crippen LogP contribution in [-0.4, -0.2) is 16.0 Å². The van der Waals surface area contributed by atoms with E-state index < -0.39 is 0 Å². The lowest BCUT2D eigenvalue weighted by Gasteiger charge is -2.06. The predicted octanol–water partition coefficient (Wildman–Crippen LogP) is 1.30. The molecule has 4 N–H and O–H groups in total. The van der Waals surface area contributed by atoms with Crippen molar-refractivity contribution in [3.63, 3.8) is 0 Å². The highest BCUT2D eigenvalue weighted by Crippen LogP contribution is 2.15. The second kappa shape index (κ2) is 5.18. The first-order valence-electron chi connectivity index (χ1n) is 5.43. The molecule has 5 heteroatoms. The van der Waals surface area contributed by atoms with E-state index in [1.54, 1.807) is 36.4 Å². The molecule has 0 saturated heterocycles. The Balaban J connectivity index is 2.01. The van der Waals surface area contributed by atoms with Gasteiger partial charge in [-0.25, -0.2) is 4.98 Å². The third kappa shape index (κ3) is 2.76. The number of carbonyl (C=O) groups is 1. The zero-order chi connectivity index (χ0) is 13.0. The SMILES string of the molecule is Nc1ccc(C(=O)NCc2ccccc2O)nc1. The average Bonchev–Trinajstić information content (AvgIpc) is 2.38. The number of nitrogens with zero attached hydrogens (tertiary/aromatic N) is 1. The van der Waals surface area contributed by atoms with Crippen LogP contribution in [0.5, 0.6) is 5.75 Å². The number of nitrogen functional groups attached to an aromatic ring is 1. The van der Waals surface area contributed by atoms with Gasteiger partial charge in [0.2, 0.25) is 0 Å². The fraction of sp³-hybridized carbons (Fsp3) is 0.0769. The minimum absolute atomic E-state index is 0.156. The van der Waals surface area contributed by atoms with Crippen molar-refractivity contribution in [1.29, 1.82) is 0 Å². The number of hydrogen-bond donors (Lipinski definition) is 3. The van der Waals surface area contributed by atoms with E-state index in [9.17, 15) is 9.90 Å². The minimum Gasteiger partial charge on any atom is -0.508 e. The van der Waals surface area contributed by atoms with Crippen LogP contribution in [0.15, 0.2) is 42.6 Å². The summed E-state index contributed by atoms with van der Waals surface area (Å²) in [5.74, 6) is -0.152. The number of rotatable bonds is 3. The first-order chi connectivity index (χ1) is 8.66. The summed E-state index contributed by atoms with van der Waals surface area (Å²) < 4.78 is 0. The van der Waals surface area contributed by atoms with Crippen LogP contribution in [-0.2, 0) is 6.54 Å². The highest BCUT2D eigenvalue weighted by Gasteiger charge is 2.07. The quantitative estimate of drug-likeness (QED) is 0.758. The summed E-state index contributed by atoms with van der Waals surface area (Å²) in [5.41, 5.74) is 6.94. The van der Waals surface area contributed by atoms with E-state index in [1.807, 2.05) is 0 Å². The molecule has 1 amide bonds. The van der Waals surface area contributed by atoms with Crippen LogP contribution >= 0.6 is 0 Å². The molecular weight excluding hydrogens is 230 g/mol. The molecule has 5 nitrogen and oxygen atoms in total. The van der Waals surface area contributed by atoms with Crippen molar-refractivity contribution in [3.05, 3.63) is 53.9 Å². The van der Waals surface area contributed by atoms with E-state index in [0.29, 0.717) is 16.9 Å². The number of benzene rings is 1. The van der Waals surface area contributed by atoms with Gasteiger partial charge in [0.05, 0.1) is 11.9 Å². The molecule has 0 spiro atoms. The summed E-state index contributed by atoms with van der Waals surface area (Å²) >= 11 is 0. The molecule has 0 saturated carbocycles. The minimum atomic E-state index is -0.307. The van der Waals surface area contributed by atoms with E-state index in [-0.39, 0.29) is 18.2 Å². The standard InChI is InChI=1S/C13H13N3O2/c14-10-5-6-11(15-8-10)13(18)16-7-9-3-1-2-4-12(9)17/h1-6,8,17H,7,14H2,(H,16,18). The zero-order valence-corrected chi connectivity index (χ0v) is 9.63. The third-order valence-corrected chi connectivity index (χ3v) is 2.45. The van der Waals surface area contributed by atoms with Gasteiger partial charge in [-0.2, -0.15) is 0 Å². The zero-order valence-electron chi connectivity index (χ0n) is 9.63. The summed E-state index contributed by atoms with van der Waals surface area (Å²) in [6, 6.07) is 10.00. The smallest absolute Gasteiger partial charge is 0.270 e. The largest absolute Gasteiger partial charge is 0.508 e. The predicted molar refractivity (Wildman–Crippen MR) is 67.9 cm³/mol. The maximum absolute atomic E-state index is 11.7. The van der Waals surface area contributed by atoms with Gasteiger partial charge in [-0.3, -0.25) is 4.79 Å². The molecule has 0 unspecified atom stereocenters. The molecule has 0 aliphatic heterocycles. The fourth-order valence-corrected chi connectivity index (χ4v) is 1.47. The molecule has 1 heterocycles. The number of pyridine rings is 1. The number of para-hydroxylation sites is 1. The number of phenols is 1. The van der Waals surface area contributed by atoms with Crippen molar-refractivity contribution < 1.29 is 9.90 Å². The van der Waals surface area contributed by atoms with Gasteiger partial charge >= 0.3 is 0 Å². The molecule has 1 aromatic carbocycles. The Labute approximate surface area is 104 Å². The van der Waals surface area contributed by atoms with E-state index in [4.69, 9.17) is 5.73 Å². The third-order valence-electron chi connectivity index (χ3n) is 2.45. The molecule has 0 aliphatic carbocycles. The van der Waals surface area contributed by atoms with Crippen LogP contribution in [0.3, 0.4) is 0 Å². The highest BCUT2D eigenvalue weighted by atomic mass is 16.3. The lowest BCUT2D eigenvalue weighted by molar-refractivity contribution is 0.0946. The second-order valence-corrected chi connectivity index (χ2v) is 3.79. The summed E-state index contributed by atoms with van der Waals surface area (Å²) in [6.45, 7) is 0.248. The first kappa shape index (κ1) is 11.9. The molecular formula is C13H13N3O2. The molecule has 2 rings (SSSR count). The van der Waals surface area contributed by atoms with Gasteiger partial charge in [0, 0.05) is 12.1 Å². The summed E-state index contributed by atoms with van der Waals surface area (Å²) in [7, 11) is 0. The van der Waals surface area contributed by atoms with Crippen LogP contribution in [0.1, 0.15) is 16.1 Å². The van der Waals surface area contributed by atoms with Crippen LogP contribution in [0.4, 0.5) is 5.69 Å². The van der Waals surface area contributed by atoms with Gasteiger partial charge in [0.25, 0.3) is 5.91 Å². The van der Waals surface area contributed by atoms with Gasteiger partial charge in [0.1, 0.15) is 11.4 Å². The Morgan fingerprint density at radius 3 is 2.72 bits per heavy atom. The van der Waals surface area contributed by atoms with Gasteiger partial charge in [0.15, 0.2) is 0 Å². The molecule has 2 aromatic rings. The maximum Gasteiger partial charge on any atom is 0.270 e. The van der Waals surface area contributed by atoms with Crippen molar-refractivity contribution in [1.82, 2.24) is 10.3 Å². The normalized spacial score (nSPS) is 10.0. The Hall–Kier alpha value is -2.56. The molecule has 0 radical (unpaired) electrons. The number of aromatic nitrogens is 1. The summed E-state index contributed by atoms with van der Waals surface area (Å²) in [5, 5.41) is 12.2. The monoisotopic (exact) mass is 243 g/mol. The number of aromatic hydroxyl groups is 1. The van der Waals surface area contributed by atoms with Gasteiger partial charge in [-0.15, -0.1) is 0 Å². The molecule has 1 aromatic heterocycles. The van der Waals surface area contributed by atoms with Crippen molar-refractivity contribution in [2.24, 2.45) is 0 Å². The van der Waals surface area contributed by atoms with Gasteiger partial charge in [-0.05, 0) is 18.2 Å². The Bertz CT molecular complexity index is 552. The fourth-order valence-electron chi connectivity index (χ4n) is 1.47. The summed E-state index contributed by atoms with van der Waals surface area (Å²) in [6.07, 6.45) is 1.43.